The number of carbonyl (C=O) groups excluding carboxylic acids is 1. The van der Waals surface area contributed by atoms with Gasteiger partial charge in [-0.2, -0.15) is 0 Å². The van der Waals surface area contributed by atoms with Crippen molar-refractivity contribution < 1.29 is 14.3 Å². The number of ketones is 1. The Hall–Kier alpha value is -1.06. The van der Waals surface area contributed by atoms with Crippen LogP contribution in [-0.4, -0.2) is 24.6 Å². The van der Waals surface area contributed by atoms with E-state index in [4.69, 9.17) is 21.1 Å². The summed E-state index contributed by atoms with van der Waals surface area (Å²) in [5, 5.41) is 0.659. The van der Waals surface area contributed by atoms with Crippen LogP contribution in [0.5, 0.6) is 5.75 Å². The molecule has 1 heterocycles. The summed E-state index contributed by atoms with van der Waals surface area (Å²) in [4.78, 5) is 12.5. The molecule has 0 fully saturated rings. The number of hydrogen-bond donors (Lipinski definition) is 0. The first kappa shape index (κ1) is 15.3. The number of benzene rings is 1. The Balaban J connectivity index is 2.24. The second kappa shape index (κ2) is 6.15. The van der Waals surface area contributed by atoms with Crippen molar-refractivity contribution in [3.8, 4) is 5.75 Å². The van der Waals surface area contributed by atoms with Crippen LogP contribution in [0.4, 0.5) is 0 Å². The van der Waals surface area contributed by atoms with Crippen molar-refractivity contribution in [3.63, 3.8) is 0 Å². The molecule has 110 valence electrons. The summed E-state index contributed by atoms with van der Waals surface area (Å²) in [6.07, 6.45) is 1.81. The first-order chi connectivity index (χ1) is 9.50. The molecule has 2 rings (SSSR count). The quantitative estimate of drug-likeness (QED) is 0.805. The van der Waals surface area contributed by atoms with E-state index in [1.165, 1.54) is 0 Å². The lowest BCUT2D eigenvalue weighted by atomic mass is 9.91. The first-order valence-electron chi connectivity index (χ1n) is 7.11. The molecule has 1 aliphatic rings. The zero-order valence-corrected chi connectivity index (χ0v) is 13.0. The molecule has 0 N–H and O–H groups in total. The van der Waals surface area contributed by atoms with Crippen molar-refractivity contribution >= 4 is 17.4 Å². The van der Waals surface area contributed by atoms with Crippen molar-refractivity contribution in [2.45, 2.75) is 45.6 Å². The lowest BCUT2D eigenvalue weighted by Gasteiger charge is -2.26. The lowest BCUT2D eigenvalue weighted by Crippen LogP contribution is -2.39. The third-order valence-electron chi connectivity index (χ3n) is 3.90. The van der Waals surface area contributed by atoms with Crippen molar-refractivity contribution in [1.82, 2.24) is 0 Å². The Labute approximate surface area is 125 Å². The average Bonchev–Trinajstić information content (AvgIpc) is 2.86. The lowest BCUT2D eigenvalue weighted by molar-refractivity contribution is -0.141. The fourth-order valence-electron chi connectivity index (χ4n) is 2.54. The standard InChI is InChI=1S/C16H21ClO3/c1-4-16(3,20-5-2)14(18)10-12-9-13(17)8-11-6-7-19-15(11)12/h8-9H,4-7,10H2,1-3H3. The Morgan fingerprint density at radius 1 is 1.45 bits per heavy atom. The molecule has 0 aliphatic carbocycles. The van der Waals surface area contributed by atoms with Gasteiger partial charge in [0, 0.05) is 30.0 Å². The largest absolute Gasteiger partial charge is 0.493 e. The number of rotatable bonds is 6. The topological polar surface area (TPSA) is 35.5 Å². The van der Waals surface area contributed by atoms with E-state index in [1.807, 2.05) is 32.9 Å². The third kappa shape index (κ3) is 2.99. The van der Waals surface area contributed by atoms with E-state index in [1.54, 1.807) is 0 Å². The summed E-state index contributed by atoms with van der Waals surface area (Å²) in [5.41, 5.74) is 1.23. The van der Waals surface area contributed by atoms with Crippen molar-refractivity contribution in [2.24, 2.45) is 0 Å². The molecule has 0 radical (unpaired) electrons. The van der Waals surface area contributed by atoms with Gasteiger partial charge in [0.15, 0.2) is 5.78 Å². The fraction of sp³-hybridized carbons (Fsp3) is 0.562. The van der Waals surface area contributed by atoms with Crippen molar-refractivity contribution in [3.05, 3.63) is 28.3 Å². The molecule has 0 amide bonds. The van der Waals surface area contributed by atoms with Gasteiger partial charge in [-0.1, -0.05) is 18.5 Å². The molecule has 0 bridgehead atoms. The maximum atomic E-state index is 12.5. The second-order valence-electron chi connectivity index (χ2n) is 5.27. The van der Waals surface area contributed by atoms with Crippen LogP contribution in [0.2, 0.25) is 5.02 Å². The van der Waals surface area contributed by atoms with E-state index in [0.29, 0.717) is 31.1 Å². The van der Waals surface area contributed by atoms with Crippen molar-refractivity contribution in [1.29, 1.82) is 0 Å². The van der Waals surface area contributed by atoms with E-state index in [-0.39, 0.29) is 5.78 Å². The molecule has 4 heteroatoms. The second-order valence-corrected chi connectivity index (χ2v) is 5.71. The van der Waals surface area contributed by atoms with Crippen LogP contribution in [0.15, 0.2) is 12.1 Å². The SMILES string of the molecule is CCOC(C)(CC)C(=O)Cc1cc(Cl)cc2c1OCC2. The van der Waals surface area contributed by atoms with Gasteiger partial charge in [-0.3, -0.25) is 4.79 Å². The minimum absolute atomic E-state index is 0.0711. The number of hydrogen-bond acceptors (Lipinski definition) is 3. The molecule has 1 aromatic rings. The van der Waals surface area contributed by atoms with Crippen LogP contribution in [-0.2, 0) is 22.4 Å². The summed E-state index contributed by atoms with van der Waals surface area (Å²) in [7, 11) is 0. The normalized spacial score (nSPS) is 16.4. The van der Waals surface area contributed by atoms with Gasteiger partial charge in [0.05, 0.1) is 6.61 Å². The zero-order chi connectivity index (χ0) is 14.8. The van der Waals surface area contributed by atoms with E-state index in [9.17, 15) is 4.79 Å². The predicted octanol–water partition coefficient (Wildman–Crippen LogP) is 3.59. The summed E-state index contributed by atoms with van der Waals surface area (Å²) in [6, 6.07) is 3.74. The Kier molecular flexibility index (Phi) is 4.71. The first-order valence-corrected chi connectivity index (χ1v) is 7.49. The highest BCUT2D eigenvalue weighted by molar-refractivity contribution is 6.30. The highest BCUT2D eigenvalue weighted by Crippen LogP contribution is 2.34. The number of halogens is 1. The summed E-state index contributed by atoms with van der Waals surface area (Å²) >= 11 is 6.12. The molecular weight excluding hydrogens is 276 g/mol. The molecule has 0 aromatic heterocycles. The van der Waals surface area contributed by atoms with Crippen molar-refractivity contribution in [2.75, 3.05) is 13.2 Å². The van der Waals surface area contributed by atoms with Gasteiger partial charge in [0.2, 0.25) is 0 Å². The van der Waals surface area contributed by atoms with Crippen LogP contribution >= 0.6 is 11.6 Å². The Morgan fingerprint density at radius 2 is 2.20 bits per heavy atom. The number of fused-ring (bicyclic) bond motifs is 1. The summed E-state index contributed by atoms with van der Waals surface area (Å²) in [5.74, 6) is 0.902. The number of ether oxygens (including phenoxy) is 2. The molecule has 1 unspecified atom stereocenters. The van der Waals surface area contributed by atoms with Crippen LogP contribution in [0.1, 0.15) is 38.3 Å². The number of carbonyl (C=O) groups is 1. The maximum Gasteiger partial charge on any atom is 0.168 e. The minimum Gasteiger partial charge on any atom is -0.493 e. The van der Waals surface area contributed by atoms with Crippen LogP contribution in [0.25, 0.3) is 0 Å². The van der Waals surface area contributed by atoms with E-state index >= 15 is 0 Å². The molecular formula is C16H21ClO3. The third-order valence-corrected chi connectivity index (χ3v) is 4.12. The Morgan fingerprint density at radius 3 is 2.85 bits per heavy atom. The monoisotopic (exact) mass is 296 g/mol. The molecule has 1 aromatic carbocycles. The van der Waals surface area contributed by atoms with Crippen LogP contribution in [0, 0.1) is 0 Å². The minimum atomic E-state index is -0.734. The molecule has 20 heavy (non-hydrogen) atoms. The van der Waals surface area contributed by atoms with Crippen LogP contribution in [0.3, 0.4) is 0 Å². The molecule has 0 saturated heterocycles. The number of Topliss-reactive ketones (excluding diaryl/α,β-unsaturated/α-hetero) is 1. The average molecular weight is 297 g/mol. The van der Waals surface area contributed by atoms with Gasteiger partial charge in [-0.15, -0.1) is 0 Å². The zero-order valence-electron chi connectivity index (χ0n) is 12.3. The smallest absolute Gasteiger partial charge is 0.168 e. The van der Waals surface area contributed by atoms with E-state index < -0.39 is 5.60 Å². The summed E-state index contributed by atoms with van der Waals surface area (Å²) < 4.78 is 11.3. The van der Waals surface area contributed by atoms with Gasteiger partial charge in [-0.25, -0.2) is 0 Å². The molecule has 1 aliphatic heterocycles. The molecule has 0 spiro atoms. The molecule has 3 nitrogen and oxygen atoms in total. The van der Waals surface area contributed by atoms with Gasteiger partial charge in [0.25, 0.3) is 0 Å². The van der Waals surface area contributed by atoms with Gasteiger partial charge < -0.3 is 9.47 Å². The maximum absolute atomic E-state index is 12.5. The van der Waals surface area contributed by atoms with Crippen LogP contribution < -0.4 is 4.74 Å². The predicted molar refractivity (Wildman–Crippen MR) is 79.7 cm³/mol. The highest BCUT2D eigenvalue weighted by Gasteiger charge is 2.32. The fourth-order valence-corrected chi connectivity index (χ4v) is 2.80. The highest BCUT2D eigenvalue weighted by atomic mass is 35.5. The van der Waals surface area contributed by atoms with Gasteiger partial charge in [0.1, 0.15) is 11.4 Å². The molecule has 1 atom stereocenters. The van der Waals surface area contributed by atoms with E-state index in [0.717, 1.165) is 23.3 Å². The van der Waals surface area contributed by atoms with E-state index in [2.05, 4.69) is 0 Å². The van der Waals surface area contributed by atoms with Gasteiger partial charge in [-0.05, 0) is 38.0 Å². The van der Waals surface area contributed by atoms with Gasteiger partial charge >= 0.3 is 0 Å². The summed E-state index contributed by atoms with van der Waals surface area (Å²) in [6.45, 7) is 6.91. The Bertz CT molecular complexity index is 513. The molecule has 0 saturated carbocycles.